The fourth-order valence-electron chi connectivity index (χ4n) is 2.36. The maximum absolute atomic E-state index is 12.1. The van der Waals surface area contributed by atoms with Crippen molar-refractivity contribution < 1.29 is 14.3 Å². The lowest BCUT2D eigenvalue weighted by Crippen LogP contribution is -2.21. The predicted octanol–water partition coefficient (Wildman–Crippen LogP) is 4.22. The molecule has 2 aromatic carbocycles. The number of esters is 1. The van der Waals surface area contributed by atoms with Gasteiger partial charge in [-0.15, -0.1) is 11.3 Å². The molecule has 0 aliphatic heterocycles. The highest BCUT2D eigenvalue weighted by Crippen LogP contribution is 2.23. The summed E-state index contributed by atoms with van der Waals surface area (Å²) in [5.74, 6) is -0.995. The second-order valence-corrected chi connectivity index (χ2v) is 6.63. The Kier molecular flexibility index (Phi) is 5.43. The van der Waals surface area contributed by atoms with Gasteiger partial charge in [0.2, 0.25) is 0 Å². The molecule has 0 fully saturated rings. The van der Waals surface area contributed by atoms with E-state index in [9.17, 15) is 9.59 Å². The Balaban J connectivity index is 1.58. The molecule has 6 heteroatoms. The lowest BCUT2D eigenvalue weighted by Gasteiger charge is -2.10. The van der Waals surface area contributed by atoms with Crippen molar-refractivity contribution in [3.05, 3.63) is 70.7 Å². The van der Waals surface area contributed by atoms with Gasteiger partial charge >= 0.3 is 5.97 Å². The molecule has 1 aromatic heterocycles. The molecule has 0 aliphatic carbocycles. The number of aryl methyl sites for hydroxylation is 1. The smallest absolute Gasteiger partial charge is 0.358 e. The zero-order chi connectivity index (χ0) is 18.5. The number of benzene rings is 2. The Labute approximate surface area is 155 Å². The molecule has 0 saturated heterocycles. The van der Waals surface area contributed by atoms with E-state index >= 15 is 0 Å². The third kappa shape index (κ3) is 4.15. The number of thiazole rings is 1. The van der Waals surface area contributed by atoms with E-state index in [1.165, 1.54) is 11.3 Å². The SMILES string of the molecule is Cc1cccc(NC(=O)COC(=O)c2csc(-c3ccccc3)n2)c1C. The maximum atomic E-state index is 12.1. The van der Waals surface area contributed by atoms with Crippen molar-refractivity contribution in [1.82, 2.24) is 4.98 Å². The third-order valence-corrected chi connectivity index (χ3v) is 4.84. The first kappa shape index (κ1) is 17.8. The topological polar surface area (TPSA) is 68.3 Å². The summed E-state index contributed by atoms with van der Waals surface area (Å²) in [7, 11) is 0. The Hall–Kier alpha value is -2.99. The average molecular weight is 366 g/mol. The van der Waals surface area contributed by atoms with Crippen LogP contribution in [0.4, 0.5) is 5.69 Å². The van der Waals surface area contributed by atoms with E-state index in [0.29, 0.717) is 5.69 Å². The van der Waals surface area contributed by atoms with Crippen LogP contribution in [-0.4, -0.2) is 23.5 Å². The molecule has 3 rings (SSSR count). The van der Waals surface area contributed by atoms with E-state index in [2.05, 4.69) is 10.3 Å². The van der Waals surface area contributed by atoms with Gasteiger partial charge in [0.1, 0.15) is 5.01 Å². The van der Waals surface area contributed by atoms with Gasteiger partial charge in [-0.3, -0.25) is 4.79 Å². The molecule has 132 valence electrons. The standard InChI is InChI=1S/C20H18N2O3S/c1-13-7-6-10-16(14(13)2)21-18(23)11-25-20(24)17-12-26-19(22-17)15-8-4-3-5-9-15/h3-10,12H,11H2,1-2H3,(H,21,23). The van der Waals surface area contributed by atoms with Crippen molar-refractivity contribution in [1.29, 1.82) is 0 Å². The molecular weight excluding hydrogens is 348 g/mol. The lowest BCUT2D eigenvalue weighted by atomic mass is 10.1. The monoisotopic (exact) mass is 366 g/mol. The zero-order valence-corrected chi connectivity index (χ0v) is 15.3. The van der Waals surface area contributed by atoms with Crippen LogP contribution in [0.2, 0.25) is 0 Å². The highest BCUT2D eigenvalue weighted by Gasteiger charge is 2.15. The quantitative estimate of drug-likeness (QED) is 0.687. The van der Waals surface area contributed by atoms with Crippen molar-refractivity contribution in [3.63, 3.8) is 0 Å². The maximum Gasteiger partial charge on any atom is 0.358 e. The normalized spacial score (nSPS) is 10.4. The molecule has 1 N–H and O–H groups in total. The second kappa shape index (κ2) is 7.93. The van der Waals surface area contributed by atoms with Crippen molar-refractivity contribution in [2.75, 3.05) is 11.9 Å². The summed E-state index contributed by atoms with van der Waals surface area (Å²) in [6.45, 7) is 3.54. The van der Waals surface area contributed by atoms with Gasteiger partial charge in [0.25, 0.3) is 5.91 Å². The minimum Gasteiger partial charge on any atom is -0.451 e. The van der Waals surface area contributed by atoms with Crippen molar-refractivity contribution in [2.24, 2.45) is 0 Å². The molecule has 26 heavy (non-hydrogen) atoms. The van der Waals surface area contributed by atoms with Crippen LogP contribution in [-0.2, 0) is 9.53 Å². The molecule has 0 radical (unpaired) electrons. The molecule has 0 saturated carbocycles. The number of amides is 1. The van der Waals surface area contributed by atoms with Crippen LogP contribution in [0.5, 0.6) is 0 Å². The molecule has 3 aromatic rings. The summed E-state index contributed by atoms with van der Waals surface area (Å²) >= 11 is 1.36. The van der Waals surface area contributed by atoms with Crippen LogP contribution in [0.25, 0.3) is 10.6 Å². The van der Waals surface area contributed by atoms with Crippen LogP contribution >= 0.6 is 11.3 Å². The number of carbonyl (C=O) groups excluding carboxylic acids is 2. The van der Waals surface area contributed by atoms with Crippen molar-refractivity contribution >= 4 is 28.9 Å². The fraction of sp³-hybridized carbons (Fsp3) is 0.150. The molecule has 0 atom stereocenters. The van der Waals surface area contributed by atoms with E-state index in [-0.39, 0.29) is 18.2 Å². The Bertz CT molecular complexity index is 935. The van der Waals surface area contributed by atoms with E-state index in [1.807, 2.05) is 62.4 Å². The first-order valence-electron chi connectivity index (χ1n) is 8.09. The molecule has 0 bridgehead atoms. The number of hydrogen-bond acceptors (Lipinski definition) is 5. The highest BCUT2D eigenvalue weighted by molar-refractivity contribution is 7.13. The number of nitrogens with zero attached hydrogens (tertiary/aromatic N) is 1. The summed E-state index contributed by atoms with van der Waals surface area (Å²) in [5.41, 5.74) is 3.92. The molecule has 1 heterocycles. The van der Waals surface area contributed by atoms with Crippen LogP contribution in [0.3, 0.4) is 0 Å². The molecule has 0 unspecified atom stereocenters. The van der Waals surface area contributed by atoms with Crippen molar-refractivity contribution in [3.8, 4) is 10.6 Å². The predicted molar refractivity (Wildman–Crippen MR) is 102 cm³/mol. The lowest BCUT2D eigenvalue weighted by molar-refractivity contribution is -0.119. The van der Waals surface area contributed by atoms with E-state index < -0.39 is 5.97 Å². The van der Waals surface area contributed by atoms with Crippen LogP contribution in [0.1, 0.15) is 21.6 Å². The number of ether oxygens (including phenoxy) is 1. The van der Waals surface area contributed by atoms with Crippen LogP contribution in [0.15, 0.2) is 53.9 Å². The summed E-state index contributed by atoms with van der Waals surface area (Å²) in [6.07, 6.45) is 0. The summed E-state index contributed by atoms with van der Waals surface area (Å²) < 4.78 is 5.07. The van der Waals surface area contributed by atoms with Crippen molar-refractivity contribution in [2.45, 2.75) is 13.8 Å². The van der Waals surface area contributed by atoms with Crippen LogP contribution in [0, 0.1) is 13.8 Å². The Morgan fingerprint density at radius 1 is 1.08 bits per heavy atom. The van der Waals surface area contributed by atoms with Gasteiger partial charge in [0.15, 0.2) is 12.3 Å². The van der Waals surface area contributed by atoms with E-state index in [1.54, 1.807) is 5.38 Å². The fourth-order valence-corrected chi connectivity index (χ4v) is 3.15. The average Bonchev–Trinajstić information content (AvgIpc) is 3.14. The number of nitrogens with one attached hydrogen (secondary N) is 1. The number of aromatic nitrogens is 1. The molecule has 0 aliphatic rings. The number of carbonyl (C=O) groups is 2. The number of anilines is 1. The summed E-state index contributed by atoms with van der Waals surface area (Å²) in [4.78, 5) is 28.4. The summed E-state index contributed by atoms with van der Waals surface area (Å²) in [5, 5.41) is 5.12. The second-order valence-electron chi connectivity index (χ2n) is 5.78. The first-order valence-corrected chi connectivity index (χ1v) is 8.96. The molecule has 0 spiro atoms. The number of hydrogen-bond donors (Lipinski definition) is 1. The van der Waals surface area contributed by atoms with Gasteiger partial charge in [-0.25, -0.2) is 9.78 Å². The largest absolute Gasteiger partial charge is 0.451 e. The molecule has 5 nitrogen and oxygen atoms in total. The highest BCUT2D eigenvalue weighted by atomic mass is 32.1. The van der Waals surface area contributed by atoms with Gasteiger partial charge in [-0.1, -0.05) is 42.5 Å². The van der Waals surface area contributed by atoms with E-state index in [4.69, 9.17) is 4.74 Å². The Morgan fingerprint density at radius 2 is 1.85 bits per heavy atom. The van der Waals surface area contributed by atoms with Gasteiger partial charge < -0.3 is 10.1 Å². The summed E-state index contributed by atoms with van der Waals surface area (Å²) in [6, 6.07) is 15.2. The molecule has 1 amide bonds. The molecular formula is C20H18N2O3S. The van der Waals surface area contributed by atoms with Gasteiger partial charge in [0.05, 0.1) is 0 Å². The minimum atomic E-state index is -0.612. The first-order chi connectivity index (χ1) is 12.5. The Morgan fingerprint density at radius 3 is 2.62 bits per heavy atom. The number of rotatable bonds is 5. The van der Waals surface area contributed by atoms with Gasteiger partial charge in [0, 0.05) is 16.6 Å². The zero-order valence-electron chi connectivity index (χ0n) is 14.5. The minimum absolute atomic E-state index is 0.202. The third-order valence-electron chi connectivity index (χ3n) is 3.95. The van der Waals surface area contributed by atoms with Gasteiger partial charge in [-0.2, -0.15) is 0 Å². The van der Waals surface area contributed by atoms with E-state index in [0.717, 1.165) is 21.7 Å². The van der Waals surface area contributed by atoms with Crippen LogP contribution < -0.4 is 5.32 Å². The van der Waals surface area contributed by atoms with Gasteiger partial charge in [-0.05, 0) is 31.0 Å².